The molecule has 3 rings (SSSR count). The van der Waals surface area contributed by atoms with Crippen molar-refractivity contribution in [2.45, 2.75) is 12.6 Å². The standard InChI is InChI=1S/C28H26F2N4O4/c29-22-10-9-21(24(30)13-22)15-32-16-27(37)33-23-11-5-19(6-12-23)2-1-18-3-7-20(8-4-18)28(38)34-25(14-31)26(36)17-35/h3-13,25,32,35H,14-17,31H2,(H,33,37)(H,34,38)/t25-/m0/s1. The normalized spacial score (nSPS) is 11.2. The molecule has 3 aromatic carbocycles. The van der Waals surface area contributed by atoms with Crippen molar-refractivity contribution in [3.63, 3.8) is 0 Å². The predicted molar refractivity (Wildman–Crippen MR) is 138 cm³/mol. The smallest absolute Gasteiger partial charge is 0.251 e. The number of ketones is 1. The van der Waals surface area contributed by atoms with Crippen LogP contribution in [-0.2, 0) is 16.1 Å². The van der Waals surface area contributed by atoms with Gasteiger partial charge >= 0.3 is 0 Å². The maximum Gasteiger partial charge on any atom is 0.251 e. The molecule has 2 amide bonds. The molecule has 0 heterocycles. The van der Waals surface area contributed by atoms with Gasteiger partial charge in [-0.3, -0.25) is 14.4 Å². The molecule has 0 spiro atoms. The van der Waals surface area contributed by atoms with Gasteiger partial charge in [0.15, 0.2) is 5.78 Å². The lowest BCUT2D eigenvalue weighted by molar-refractivity contribution is -0.123. The summed E-state index contributed by atoms with van der Waals surface area (Å²) in [5, 5.41) is 16.9. The number of aliphatic hydroxyl groups is 1. The fraction of sp³-hybridized carbons (Fsp3) is 0.179. The van der Waals surface area contributed by atoms with E-state index in [1.165, 1.54) is 6.07 Å². The van der Waals surface area contributed by atoms with E-state index in [1.54, 1.807) is 48.5 Å². The first kappa shape index (κ1) is 28.1. The quantitative estimate of drug-likeness (QED) is 0.259. The van der Waals surface area contributed by atoms with Gasteiger partial charge in [0.2, 0.25) is 5.91 Å². The summed E-state index contributed by atoms with van der Waals surface area (Å²) in [6.07, 6.45) is 0. The van der Waals surface area contributed by atoms with Crippen molar-refractivity contribution in [2.24, 2.45) is 5.73 Å². The number of amides is 2. The molecule has 0 aliphatic heterocycles. The number of benzene rings is 3. The van der Waals surface area contributed by atoms with Crippen LogP contribution in [0, 0.1) is 23.5 Å². The van der Waals surface area contributed by atoms with E-state index in [9.17, 15) is 23.2 Å². The summed E-state index contributed by atoms with van der Waals surface area (Å²) in [6.45, 7) is -0.802. The van der Waals surface area contributed by atoms with E-state index in [4.69, 9.17) is 10.8 Å². The molecular weight excluding hydrogens is 494 g/mol. The Morgan fingerprint density at radius 2 is 1.55 bits per heavy atom. The molecule has 0 fully saturated rings. The first-order valence-corrected chi connectivity index (χ1v) is 11.6. The topological polar surface area (TPSA) is 134 Å². The first-order valence-electron chi connectivity index (χ1n) is 11.6. The molecule has 0 saturated carbocycles. The third-order valence-electron chi connectivity index (χ3n) is 5.37. The van der Waals surface area contributed by atoms with Gasteiger partial charge in [0.1, 0.15) is 24.3 Å². The lowest BCUT2D eigenvalue weighted by Gasteiger charge is -2.14. The summed E-state index contributed by atoms with van der Waals surface area (Å²) in [7, 11) is 0. The van der Waals surface area contributed by atoms with E-state index >= 15 is 0 Å². The zero-order valence-electron chi connectivity index (χ0n) is 20.3. The van der Waals surface area contributed by atoms with Crippen LogP contribution in [0.2, 0.25) is 0 Å². The minimum absolute atomic E-state index is 0.0585. The Morgan fingerprint density at radius 1 is 0.921 bits per heavy atom. The van der Waals surface area contributed by atoms with Crippen molar-refractivity contribution in [3.05, 3.63) is 101 Å². The number of carbonyl (C=O) groups excluding carboxylic acids is 3. The molecule has 10 heteroatoms. The third-order valence-corrected chi connectivity index (χ3v) is 5.37. The minimum Gasteiger partial charge on any atom is -0.388 e. The number of halogens is 2. The van der Waals surface area contributed by atoms with Crippen LogP contribution in [0.15, 0.2) is 66.7 Å². The molecule has 38 heavy (non-hydrogen) atoms. The predicted octanol–water partition coefficient (Wildman–Crippen LogP) is 1.71. The van der Waals surface area contributed by atoms with Gasteiger partial charge in [-0.05, 0) is 54.6 Å². The summed E-state index contributed by atoms with van der Waals surface area (Å²) in [6, 6.07) is 15.6. The molecule has 0 bridgehead atoms. The summed E-state index contributed by atoms with van der Waals surface area (Å²) in [5.41, 5.74) is 7.95. The molecule has 1 atom stereocenters. The molecular formula is C28H26F2N4O4. The zero-order valence-corrected chi connectivity index (χ0v) is 20.3. The highest BCUT2D eigenvalue weighted by Gasteiger charge is 2.18. The van der Waals surface area contributed by atoms with Crippen LogP contribution in [-0.4, -0.2) is 48.4 Å². The minimum atomic E-state index is -0.956. The van der Waals surface area contributed by atoms with Crippen LogP contribution in [0.1, 0.15) is 27.0 Å². The van der Waals surface area contributed by atoms with Crippen molar-refractivity contribution < 1.29 is 28.3 Å². The molecule has 8 nitrogen and oxygen atoms in total. The SMILES string of the molecule is NC[C@H](NC(=O)c1ccc(C#Cc2ccc(NC(=O)CNCc3ccc(F)cc3F)cc2)cc1)C(=O)CO. The van der Waals surface area contributed by atoms with Crippen LogP contribution in [0.4, 0.5) is 14.5 Å². The van der Waals surface area contributed by atoms with E-state index in [2.05, 4.69) is 27.8 Å². The van der Waals surface area contributed by atoms with Gasteiger partial charge < -0.3 is 26.8 Å². The number of aliphatic hydroxyl groups excluding tert-OH is 1. The molecule has 3 aromatic rings. The van der Waals surface area contributed by atoms with E-state index in [0.717, 1.165) is 12.1 Å². The highest BCUT2D eigenvalue weighted by Crippen LogP contribution is 2.11. The molecule has 196 valence electrons. The number of nitrogens with one attached hydrogen (secondary N) is 3. The second-order valence-corrected chi connectivity index (χ2v) is 8.18. The van der Waals surface area contributed by atoms with Gasteiger partial charge in [0.05, 0.1) is 6.54 Å². The van der Waals surface area contributed by atoms with Crippen molar-refractivity contribution in [3.8, 4) is 11.8 Å². The molecule has 0 saturated heterocycles. The molecule has 0 aliphatic carbocycles. The number of carbonyl (C=O) groups is 3. The van der Waals surface area contributed by atoms with Gasteiger partial charge in [-0.2, -0.15) is 0 Å². The van der Waals surface area contributed by atoms with Crippen LogP contribution >= 0.6 is 0 Å². The zero-order chi connectivity index (χ0) is 27.5. The molecule has 0 aromatic heterocycles. The van der Waals surface area contributed by atoms with Gasteiger partial charge in [-0.1, -0.05) is 17.9 Å². The number of hydrogen-bond acceptors (Lipinski definition) is 6. The number of Topliss-reactive ketones (excluding diaryl/α,β-unsaturated/α-hetero) is 1. The highest BCUT2D eigenvalue weighted by atomic mass is 19.1. The fourth-order valence-corrected chi connectivity index (χ4v) is 3.29. The molecule has 0 aliphatic rings. The van der Waals surface area contributed by atoms with E-state index in [0.29, 0.717) is 22.4 Å². The Kier molecular flexibility index (Phi) is 10.2. The third kappa shape index (κ3) is 8.31. The number of nitrogens with two attached hydrogens (primary N) is 1. The summed E-state index contributed by atoms with van der Waals surface area (Å²) >= 11 is 0. The number of anilines is 1. The summed E-state index contributed by atoms with van der Waals surface area (Å²) in [4.78, 5) is 36.0. The van der Waals surface area contributed by atoms with Gasteiger partial charge in [-0.25, -0.2) is 8.78 Å². The van der Waals surface area contributed by atoms with Crippen molar-refractivity contribution in [2.75, 3.05) is 25.0 Å². The Hall–Kier alpha value is -4.43. The maximum atomic E-state index is 13.6. The van der Waals surface area contributed by atoms with Crippen molar-refractivity contribution >= 4 is 23.3 Å². The maximum absolute atomic E-state index is 13.6. The lowest BCUT2D eigenvalue weighted by atomic mass is 10.1. The summed E-state index contributed by atoms with van der Waals surface area (Å²) in [5.74, 6) is 3.25. The molecule has 0 unspecified atom stereocenters. The number of rotatable bonds is 10. The monoisotopic (exact) mass is 520 g/mol. The van der Waals surface area contributed by atoms with Crippen LogP contribution < -0.4 is 21.7 Å². The van der Waals surface area contributed by atoms with Crippen molar-refractivity contribution in [1.29, 1.82) is 0 Å². The number of hydrogen-bond donors (Lipinski definition) is 5. The largest absolute Gasteiger partial charge is 0.388 e. The van der Waals surface area contributed by atoms with Gasteiger partial charge in [0, 0.05) is 47.1 Å². The Balaban J connectivity index is 1.49. The van der Waals surface area contributed by atoms with Crippen molar-refractivity contribution in [1.82, 2.24) is 10.6 Å². The Bertz CT molecular complexity index is 1350. The van der Waals surface area contributed by atoms with Crippen LogP contribution in [0.25, 0.3) is 0 Å². The lowest BCUT2D eigenvalue weighted by Crippen LogP contribution is -2.46. The van der Waals surface area contributed by atoms with E-state index in [-0.39, 0.29) is 31.1 Å². The fourth-order valence-electron chi connectivity index (χ4n) is 3.29. The summed E-state index contributed by atoms with van der Waals surface area (Å²) < 4.78 is 26.6. The second-order valence-electron chi connectivity index (χ2n) is 8.18. The average Bonchev–Trinajstić information content (AvgIpc) is 2.92. The second kappa shape index (κ2) is 13.8. The van der Waals surface area contributed by atoms with E-state index in [1.807, 2.05) is 0 Å². The molecule has 6 N–H and O–H groups in total. The average molecular weight is 521 g/mol. The van der Waals surface area contributed by atoms with E-state index < -0.39 is 36.0 Å². The first-order chi connectivity index (χ1) is 18.3. The highest BCUT2D eigenvalue weighted by molar-refractivity contribution is 5.98. The van der Waals surface area contributed by atoms with Crippen LogP contribution in [0.3, 0.4) is 0 Å². The Labute approximate surface area is 218 Å². The van der Waals surface area contributed by atoms with Crippen LogP contribution in [0.5, 0.6) is 0 Å². The van der Waals surface area contributed by atoms with Gasteiger partial charge in [-0.15, -0.1) is 0 Å². The Morgan fingerprint density at radius 3 is 2.13 bits per heavy atom. The molecule has 0 radical (unpaired) electrons. The van der Waals surface area contributed by atoms with Gasteiger partial charge in [0.25, 0.3) is 5.91 Å².